The Balaban J connectivity index is 1.64. The van der Waals surface area contributed by atoms with Gasteiger partial charge in [0.25, 0.3) is 5.91 Å². The molecular weight excluding hydrogens is 594 g/mol. The largest absolute Gasteiger partial charge is 0.358 e. The summed E-state index contributed by atoms with van der Waals surface area (Å²) in [6.45, 7) is 10.1. The Morgan fingerprint density at radius 2 is 1.73 bits per heavy atom. The summed E-state index contributed by atoms with van der Waals surface area (Å²) in [6.07, 6.45) is 7.13. The molecule has 0 aliphatic heterocycles. The van der Waals surface area contributed by atoms with Crippen molar-refractivity contribution in [2.45, 2.75) is 96.3 Å². The van der Waals surface area contributed by atoms with Crippen molar-refractivity contribution >= 4 is 46.7 Å². The zero-order chi connectivity index (χ0) is 32.1. The van der Waals surface area contributed by atoms with Gasteiger partial charge in [0.15, 0.2) is 5.11 Å². The highest BCUT2D eigenvalue weighted by atomic mass is 35.5. The predicted molar refractivity (Wildman–Crippen MR) is 181 cm³/mol. The molecule has 0 radical (unpaired) electrons. The van der Waals surface area contributed by atoms with E-state index in [1.165, 1.54) is 6.20 Å². The number of hydrogen-bond acceptors (Lipinski definition) is 4. The number of rotatable bonds is 14. The molecule has 238 valence electrons. The van der Waals surface area contributed by atoms with Crippen molar-refractivity contribution in [3.05, 3.63) is 83.0 Å². The molecule has 0 heterocycles. The lowest BCUT2D eigenvalue weighted by atomic mass is 9.80. The predicted octanol–water partition coefficient (Wildman–Crippen LogP) is 5.72. The maximum atomic E-state index is 13.7. The van der Waals surface area contributed by atoms with Crippen molar-refractivity contribution in [2.75, 3.05) is 0 Å². The van der Waals surface area contributed by atoms with E-state index in [0.717, 1.165) is 43.2 Å². The molecule has 1 aliphatic rings. The van der Waals surface area contributed by atoms with Gasteiger partial charge in [-0.2, -0.15) is 0 Å². The van der Waals surface area contributed by atoms with Gasteiger partial charge in [0, 0.05) is 29.1 Å². The Labute approximate surface area is 272 Å². The molecule has 44 heavy (non-hydrogen) atoms. The normalized spacial score (nSPS) is 17.6. The Morgan fingerprint density at radius 1 is 1.00 bits per heavy atom. The highest BCUT2D eigenvalue weighted by Crippen LogP contribution is 2.34. The summed E-state index contributed by atoms with van der Waals surface area (Å²) in [7, 11) is 0. The van der Waals surface area contributed by atoms with Gasteiger partial charge in [-0.05, 0) is 91.8 Å². The number of benzene rings is 2. The minimum absolute atomic E-state index is 0.0400. The zero-order valence-corrected chi connectivity index (χ0v) is 27.5. The average Bonchev–Trinajstić information content (AvgIpc) is 3.01. The lowest BCUT2D eigenvalue weighted by molar-refractivity contribution is -0.130. The first-order valence-electron chi connectivity index (χ1n) is 15.5. The molecular formula is C34H46ClN5O3S. The van der Waals surface area contributed by atoms with Crippen molar-refractivity contribution in [3.8, 4) is 0 Å². The number of halogens is 1. The van der Waals surface area contributed by atoms with Gasteiger partial charge in [-0.3, -0.25) is 14.4 Å². The highest BCUT2D eigenvalue weighted by molar-refractivity contribution is 7.80. The van der Waals surface area contributed by atoms with Crippen LogP contribution < -0.4 is 26.6 Å². The number of nitrogens with one attached hydrogen (secondary N) is 5. The third-order valence-electron chi connectivity index (χ3n) is 7.97. The minimum Gasteiger partial charge on any atom is -0.358 e. The molecule has 5 N–H and O–H groups in total. The topological polar surface area (TPSA) is 111 Å². The van der Waals surface area contributed by atoms with Crippen LogP contribution in [0.2, 0.25) is 5.02 Å². The van der Waals surface area contributed by atoms with Gasteiger partial charge < -0.3 is 26.6 Å². The molecule has 1 fully saturated rings. The second-order valence-electron chi connectivity index (χ2n) is 11.8. The standard InChI is InChI=1S/C34H46ClN5O3S/c1-5-28(38-31(41)24-17-15-23(16-18-24)21-37-34(44)36-6-2)32(42)40-30(19-14-22(3)4)33(43)39-29-13-8-7-12-27(29)25-10-9-11-26(35)20-25/h6,9-11,15-18,20,22,27-30H,2,5,7-8,12-14,19,21H2,1,3-4H3,(H,38,41)(H,39,43)(H,40,42)(H2,36,37,44)/t27?,28?,29-,30+/m1/s1. The third kappa shape index (κ3) is 10.9. The monoisotopic (exact) mass is 639 g/mol. The van der Waals surface area contributed by atoms with Crippen LogP contribution in [0.1, 0.15) is 93.1 Å². The molecule has 0 aromatic heterocycles. The van der Waals surface area contributed by atoms with Crippen molar-refractivity contribution < 1.29 is 14.4 Å². The first-order valence-corrected chi connectivity index (χ1v) is 16.3. The minimum atomic E-state index is -0.783. The van der Waals surface area contributed by atoms with Crippen LogP contribution in [-0.4, -0.2) is 41.0 Å². The van der Waals surface area contributed by atoms with E-state index in [9.17, 15) is 14.4 Å². The van der Waals surface area contributed by atoms with Gasteiger partial charge in [0.1, 0.15) is 12.1 Å². The van der Waals surface area contributed by atoms with Crippen LogP contribution in [0.4, 0.5) is 0 Å². The fourth-order valence-corrected chi connectivity index (χ4v) is 5.81. The number of thiocarbonyl (C=S) groups is 1. The quantitative estimate of drug-likeness (QED) is 0.169. The lowest BCUT2D eigenvalue weighted by Crippen LogP contribution is -2.55. The smallest absolute Gasteiger partial charge is 0.251 e. The van der Waals surface area contributed by atoms with Crippen molar-refractivity contribution in [1.29, 1.82) is 0 Å². The maximum Gasteiger partial charge on any atom is 0.251 e. The number of carbonyl (C=O) groups excluding carboxylic acids is 3. The average molecular weight is 640 g/mol. The molecule has 3 rings (SSSR count). The van der Waals surface area contributed by atoms with Crippen LogP contribution in [-0.2, 0) is 16.1 Å². The molecule has 4 atom stereocenters. The van der Waals surface area contributed by atoms with E-state index >= 15 is 0 Å². The zero-order valence-electron chi connectivity index (χ0n) is 26.0. The van der Waals surface area contributed by atoms with Crippen LogP contribution in [0.15, 0.2) is 61.3 Å². The molecule has 10 heteroatoms. The molecule has 2 aromatic rings. The molecule has 3 amide bonds. The van der Waals surface area contributed by atoms with E-state index < -0.39 is 12.1 Å². The van der Waals surface area contributed by atoms with Gasteiger partial charge in [-0.1, -0.05) is 76.1 Å². The van der Waals surface area contributed by atoms with Crippen LogP contribution in [0.5, 0.6) is 0 Å². The molecule has 2 unspecified atom stereocenters. The van der Waals surface area contributed by atoms with Crippen LogP contribution >= 0.6 is 23.8 Å². The van der Waals surface area contributed by atoms with E-state index in [4.69, 9.17) is 23.8 Å². The van der Waals surface area contributed by atoms with E-state index in [-0.39, 0.29) is 29.7 Å². The van der Waals surface area contributed by atoms with Gasteiger partial charge in [0.05, 0.1) is 0 Å². The number of amides is 3. The molecule has 0 spiro atoms. The van der Waals surface area contributed by atoms with E-state index in [1.807, 2.05) is 37.3 Å². The molecule has 0 saturated heterocycles. The Bertz CT molecular complexity index is 1290. The highest BCUT2D eigenvalue weighted by Gasteiger charge is 2.32. The first-order chi connectivity index (χ1) is 21.1. The Kier molecular flexibility index (Phi) is 14.1. The fraction of sp³-hybridized carbons (Fsp3) is 0.471. The van der Waals surface area contributed by atoms with Crippen LogP contribution in [0.3, 0.4) is 0 Å². The maximum absolute atomic E-state index is 13.7. The Hall–Kier alpha value is -3.43. The molecule has 1 aliphatic carbocycles. The van der Waals surface area contributed by atoms with Gasteiger partial charge >= 0.3 is 0 Å². The second kappa shape index (κ2) is 17.8. The summed E-state index contributed by atoms with van der Waals surface area (Å²) in [5, 5.41) is 16.0. The molecule has 1 saturated carbocycles. The van der Waals surface area contributed by atoms with E-state index in [0.29, 0.717) is 41.0 Å². The summed E-state index contributed by atoms with van der Waals surface area (Å²) in [5.74, 6) is -0.386. The van der Waals surface area contributed by atoms with Crippen molar-refractivity contribution in [2.24, 2.45) is 5.92 Å². The van der Waals surface area contributed by atoms with Gasteiger partial charge in [0.2, 0.25) is 11.8 Å². The third-order valence-corrected chi connectivity index (χ3v) is 8.47. The van der Waals surface area contributed by atoms with Crippen LogP contribution in [0, 0.1) is 5.92 Å². The van der Waals surface area contributed by atoms with Crippen LogP contribution in [0.25, 0.3) is 0 Å². The molecule has 8 nitrogen and oxygen atoms in total. The molecule has 2 aromatic carbocycles. The molecule has 0 bridgehead atoms. The SMILES string of the molecule is C=CNC(=S)NCc1ccc(C(=O)NC(CC)C(=O)N[C@@H](CCC(C)C)C(=O)N[C@@H]2CCCCC2c2cccc(Cl)c2)cc1. The second-order valence-corrected chi connectivity index (χ2v) is 12.6. The summed E-state index contributed by atoms with van der Waals surface area (Å²) in [4.78, 5) is 40.1. The summed E-state index contributed by atoms with van der Waals surface area (Å²) in [6, 6.07) is 13.4. The number of carbonyl (C=O) groups is 3. The van der Waals surface area contributed by atoms with Gasteiger partial charge in [-0.15, -0.1) is 0 Å². The summed E-state index contributed by atoms with van der Waals surface area (Å²) in [5.41, 5.74) is 2.50. The van der Waals surface area contributed by atoms with Crippen molar-refractivity contribution in [3.63, 3.8) is 0 Å². The van der Waals surface area contributed by atoms with E-state index in [1.54, 1.807) is 12.1 Å². The Morgan fingerprint density at radius 3 is 2.39 bits per heavy atom. The van der Waals surface area contributed by atoms with E-state index in [2.05, 4.69) is 53.1 Å². The lowest BCUT2D eigenvalue weighted by Gasteiger charge is -2.34. The summed E-state index contributed by atoms with van der Waals surface area (Å²) >= 11 is 11.4. The first kappa shape index (κ1) is 35.1. The van der Waals surface area contributed by atoms with Gasteiger partial charge in [-0.25, -0.2) is 0 Å². The van der Waals surface area contributed by atoms with Crippen molar-refractivity contribution in [1.82, 2.24) is 26.6 Å². The number of hydrogen-bond donors (Lipinski definition) is 5. The fourth-order valence-electron chi connectivity index (χ4n) is 5.46. The summed E-state index contributed by atoms with van der Waals surface area (Å²) < 4.78 is 0.